The van der Waals surface area contributed by atoms with Crippen molar-refractivity contribution < 1.29 is 23.9 Å². The summed E-state index contributed by atoms with van der Waals surface area (Å²) in [4.78, 5) is 52.4. The number of ether oxygens (including phenoxy) is 2. The molecule has 1 aliphatic carbocycles. The number of carbonyl (C=O) groups excluding carboxylic acids is 3. The fourth-order valence-electron chi connectivity index (χ4n) is 4.99. The minimum Gasteiger partial charge on any atom is -0.447 e. The van der Waals surface area contributed by atoms with E-state index in [9.17, 15) is 14.4 Å². The number of nitrogens with two attached hydrogens (primary N) is 1. The Morgan fingerprint density at radius 3 is 2.61 bits per heavy atom. The first-order valence-corrected chi connectivity index (χ1v) is 12.9. The molecule has 2 fully saturated rings. The van der Waals surface area contributed by atoms with Gasteiger partial charge in [-0.25, -0.2) is 19.6 Å². The van der Waals surface area contributed by atoms with Crippen LogP contribution >= 0.6 is 0 Å². The van der Waals surface area contributed by atoms with Crippen molar-refractivity contribution in [2.45, 2.75) is 77.1 Å². The van der Waals surface area contributed by atoms with Gasteiger partial charge in [0.05, 0.1) is 17.6 Å². The monoisotopic (exact) mass is 522 g/mol. The van der Waals surface area contributed by atoms with Crippen molar-refractivity contribution in [2.75, 3.05) is 28.4 Å². The number of anilines is 3. The van der Waals surface area contributed by atoms with E-state index >= 15 is 0 Å². The van der Waals surface area contributed by atoms with Crippen LogP contribution in [0.15, 0.2) is 24.3 Å². The van der Waals surface area contributed by atoms with Gasteiger partial charge in [-0.05, 0) is 71.6 Å². The molecule has 1 saturated carbocycles. The van der Waals surface area contributed by atoms with Crippen LogP contribution < -0.4 is 20.4 Å². The van der Waals surface area contributed by atoms with Gasteiger partial charge in [-0.2, -0.15) is 0 Å². The van der Waals surface area contributed by atoms with Crippen LogP contribution in [0, 0.1) is 0 Å². The lowest BCUT2D eigenvalue weighted by Crippen LogP contribution is -2.36. The zero-order valence-corrected chi connectivity index (χ0v) is 22.5. The first-order valence-electron chi connectivity index (χ1n) is 12.9. The molecule has 11 heteroatoms. The quantitative estimate of drug-likeness (QED) is 0.554. The van der Waals surface area contributed by atoms with Crippen molar-refractivity contribution in [3.05, 3.63) is 41.1 Å². The number of aromatic nitrogens is 2. The average molecular weight is 523 g/mol. The smallest absolute Gasteiger partial charge is 0.416 e. The van der Waals surface area contributed by atoms with Crippen LogP contribution in [0.1, 0.15) is 68.6 Å². The van der Waals surface area contributed by atoms with Crippen LogP contribution in [-0.2, 0) is 22.4 Å². The highest BCUT2D eigenvalue weighted by atomic mass is 16.6. The maximum absolute atomic E-state index is 13.7. The number of aryl methyl sites for hydroxylation is 1. The normalized spacial score (nSPS) is 17.7. The minimum atomic E-state index is -0.830. The summed E-state index contributed by atoms with van der Waals surface area (Å²) in [6.45, 7) is 8.36. The van der Waals surface area contributed by atoms with Gasteiger partial charge in [0.1, 0.15) is 29.7 Å². The van der Waals surface area contributed by atoms with E-state index in [1.165, 1.54) is 0 Å². The van der Waals surface area contributed by atoms with E-state index in [2.05, 4.69) is 13.8 Å². The van der Waals surface area contributed by atoms with E-state index in [1.54, 1.807) is 41.8 Å². The summed E-state index contributed by atoms with van der Waals surface area (Å²) in [6, 6.07) is 7.34. The van der Waals surface area contributed by atoms with Gasteiger partial charge in [0.2, 0.25) is 0 Å². The summed E-state index contributed by atoms with van der Waals surface area (Å²) in [6.07, 6.45) is 1.47. The van der Waals surface area contributed by atoms with Gasteiger partial charge in [-0.1, -0.05) is 6.07 Å². The van der Waals surface area contributed by atoms with Crippen LogP contribution in [0.3, 0.4) is 0 Å². The van der Waals surface area contributed by atoms with E-state index < -0.39 is 17.8 Å². The van der Waals surface area contributed by atoms with Crippen LogP contribution in [0.25, 0.3) is 0 Å². The SMILES string of the molecule is CC(C)N(C)c1cc2c(c(CCC(C)(C)OC(N)=O)n1)CN(c1cccc(N3C(=O)OCC34CC4)n1)C2=O. The minimum absolute atomic E-state index is 0.170. The molecule has 0 aromatic carbocycles. The number of pyridine rings is 2. The molecule has 0 unspecified atom stereocenters. The van der Waals surface area contributed by atoms with Crippen LogP contribution in [0.4, 0.5) is 27.0 Å². The number of carbonyl (C=O) groups is 3. The molecular weight excluding hydrogens is 488 g/mol. The molecule has 3 aliphatic rings. The van der Waals surface area contributed by atoms with Crippen molar-refractivity contribution in [3.8, 4) is 0 Å². The number of amides is 3. The summed E-state index contributed by atoms with van der Waals surface area (Å²) >= 11 is 0. The highest BCUT2D eigenvalue weighted by molar-refractivity contribution is 6.10. The van der Waals surface area contributed by atoms with E-state index in [4.69, 9.17) is 25.2 Å². The predicted octanol–water partition coefficient (Wildman–Crippen LogP) is 3.78. The zero-order valence-electron chi connectivity index (χ0n) is 22.5. The van der Waals surface area contributed by atoms with Gasteiger partial charge in [0, 0.05) is 24.3 Å². The van der Waals surface area contributed by atoms with Crippen molar-refractivity contribution in [1.82, 2.24) is 9.97 Å². The highest BCUT2D eigenvalue weighted by Gasteiger charge is 2.57. The highest BCUT2D eigenvalue weighted by Crippen LogP contribution is 2.48. The topological polar surface area (TPSA) is 131 Å². The van der Waals surface area contributed by atoms with Crippen LogP contribution in [-0.4, -0.2) is 58.9 Å². The van der Waals surface area contributed by atoms with Crippen molar-refractivity contribution in [2.24, 2.45) is 5.73 Å². The standard InChI is InChI=1S/C27H34N6O5/c1-16(2)31(5)22-13-17-18(19(29-22)9-10-26(3,4)38-24(28)35)14-32(23(17)34)20-7-6-8-21(30-20)33-25(36)37-15-27(33)11-12-27/h6-8,13,16H,9-12,14-15H2,1-5H3,(H2,28,35). The Hall–Kier alpha value is -3.89. The van der Waals surface area contributed by atoms with Crippen molar-refractivity contribution >= 4 is 35.5 Å². The van der Waals surface area contributed by atoms with Gasteiger partial charge in [-0.3, -0.25) is 14.6 Å². The van der Waals surface area contributed by atoms with Crippen LogP contribution in [0.2, 0.25) is 0 Å². The average Bonchev–Trinajstić information content (AvgIpc) is 3.45. The summed E-state index contributed by atoms with van der Waals surface area (Å²) in [5.74, 6) is 1.45. The molecule has 1 spiro atoms. The molecule has 1 saturated heterocycles. The molecule has 11 nitrogen and oxygen atoms in total. The molecule has 2 aliphatic heterocycles. The van der Waals surface area contributed by atoms with E-state index in [0.29, 0.717) is 49.0 Å². The summed E-state index contributed by atoms with van der Waals surface area (Å²) in [5.41, 5.74) is 6.29. The lowest BCUT2D eigenvalue weighted by atomic mass is 9.97. The zero-order chi connectivity index (χ0) is 27.4. The molecule has 2 aromatic rings. The van der Waals surface area contributed by atoms with Crippen molar-refractivity contribution in [1.29, 1.82) is 0 Å². The Balaban J connectivity index is 1.47. The molecule has 38 heavy (non-hydrogen) atoms. The predicted molar refractivity (Wildman–Crippen MR) is 141 cm³/mol. The van der Waals surface area contributed by atoms with Crippen LogP contribution in [0.5, 0.6) is 0 Å². The third-order valence-electron chi connectivity index (χ3n) is 7.64. The second-order valence-corrected chi connectivity index (χ2v) is 11.2. The van der Waals surface area contributed by atoms with Gasteiger partial charge < -0.3 is 20.1 Å². The largest absolute Gasteiger partial charge is 0.447 e. The van der Waals surface area contributed by atoms with Crippen molar-refractivity contribution in [3.63, 3.8) is 0 Å². The van der Waals surface area contributed by atoms with E-state index in [1.807, 2.05) is 18.0 Å². The van der Waals surface area contributed by atoms with E-state index in [-0.39, 0.29) is 17.5 Å². The molecule has 0 bridgehead atoms. The molecule has 202 valence electrons. The fraction of sp³-hybridized carbons (Fsp3) is 0.519. The number of rotatable bonds is 8. The maximum atomic E-state index is 13.7. The fourth-order valence-corrected chi connectivity index (χ4v) is 4.99. The summed E-state index contributed by atoms with van der Waals surface area (Å²) in [7, 11) is 1.94. The third kappa shape index (κ3) is 4.61. The lowest BCUT2D eigenvalue weighted by molar-refractivity contribution is 0.0392. The molecule has 3 amide bonds. The lowest BCUT2D eigenvalue weighted by Gasteiger charge is -2.26. The third-order valence-corrected chi connectivity index (χ3v) is 7.64. The Labute approximate surface area is 221 Å². The van der Waals surface area contributed by atoms with Gasteiger partial charge >= 0.3 is 12.2 Å². The first-order chi connectivity index (χ1) is 17.9. The number of hydrogen-bond donors (Lipinski definition) is 1. The molecule has 2 aromatic heterocycles. The molecular formula is C27H34N6O5. The number of nitrogens with zero attached hydrogens (tertiary/aromatic N) is 5. The van der Waals surface area contributed by atoms with E-state index in [0.717, 1.165) is 24.1 Å². The number of fused-ring (bicyclic) bond motifs is 1. The summed E-state index contributed by atoms with van der Waals surface area (Å²) in [5, 5.41) is 0. The second kappa shape index (κ2) is 9.14. The number of hydrogen-bond acceptors (Lipinski definition) is 8. The molecule has 4 heterocycles. The second-order valence-electron chi connectivity index (χ2n) is 11.2. The first kappa shape index (κ1) is 25.7. The van der Waals surface area contributed by atoms with Gasteiger partial charge in [0.25, 0.3) is 5.91 Å². The molecule has 0 radical (unpaired) electrons. The Kier molecular flexibility index (Phi) is 6.19. The Morgan fingerprint density at radius 2 is 1.95 bits per heavy atom. The molecule has 5 rings (SSSR count). The number of primary amides is 1. The Morgan fingerprint density at radius 1 is 1.24 bits per heavy atom. The molecule has 0 atom stereocenters. The maximum Gasteiger partial charge on any atom is 0.416 e. The van der Waals surface area contributed by atoms with Gasteiger partial charge in [-0.15, -0.1) is 0 Å². The van der Waals surface area contributed by atoms with Gasteiger partial charge in [0.15, 0.2) is 0 Å². The summed E-state index contributed by atoms with van der Waals surface area (Å²) < 4.78 is 10.6. The molecule has 2 N–H and O–H groups in total. The number of cyclic esters (lactones) is 1. The Bertz CT molecular complexity index is 1300.